The smallest absolute Gasteiger partial charge is 0.227 e. The van der Waals surface area contributed by atoms with E-state index in [4.69, 9.17) is 4.52 Å². The molecule has 0 amide bonds. The highest BCUT2D eigenvalue weighted by Gasteiger charge is 2.08. The van der Waals surface area contributed by atoms with Crippen molar-refractivity contribution in [3.05, 3.63) is 35.7 Å². The van der Waals surface area contributed by atoms with E-state index >= 15 is 0 Å². The third-order valence-electron chi connectivity index (χ3n) is 5.00. The van der Waals surface area contributed by atoms with Gasteiger partial charge in [0, 0.05) is 12.0 Å². The van der Waals surface area contributed by atoms with Gasteiger partial charge in [0.1, 0.15) is 0 Å². The Hall–Kier alpha value is -1.39. The van der Waals surface area contributed by atoms with Gasteiger partial charge in [0.2, 0.25) is 11.7 Å². The molecule has 5 heteroatoms. The van der Waals surface area contributed by atoms with Gasteiger partial charge in [0.05, 0.1) is 0 Å². The fourth-order valence-corrected chi connectivity index (χ4v) is 3.30. The Morgan fingerprint density at radius 2 is 1.46 bits per heavy atom. The molecule has 0 atom stereocenters. The third kappa shape index (κ3) is 9.70. The highest BCUT2D eigenvalue weighted by Crippen LogP contribution is 2.18. The fourth-order valence-electron chi connectivity index (χ4n) is 3.30. The van der Waals surface area contributed by atoms with Gasteiger partial charge in [-0.25, -0.2) is 0 Å². The number of hydrogen-bond acceptors (Lipinski definition) is 4. The first kappa shape index (κ1) is 24.6. The van der Waals surface area contributed by atoms with Gasteiger partial charge in [0.25, 0.3) is 0 Å². The monoisotopic (exact) mass is 407 g/mol. The minimum Gasteiger partial charge on any atom is -0.339 e. The van der Waals surface area contributed by atoms with Gasteiger partial charge < -0.3 is 9.42 Å². The van der Waals surface area contributed by atoms with Crippen LogP contribution in [-0.4, -0.2) is 35.7 Å². The minimum atomic E-state index is 0. The predicted molar refractivity (Wildman–Crippen MR) is 120 cm³/mol. The van der Waals surface area contributed by atoms with Gasteiger partial charge in [-0.2, -0.15) is 4.98 Å². The first-order valence-corrected chi connectivity index (χ1v) is 10.8. The van der Waals surface area contributed by atoms with Crippen molar-refractivity contribution in [2.24, 2.45) is 0 Å². The molecule has 1 aromatic heterocycles. The van der Waals surface area contributed by atoms with Crippen LogP contribution in [0.3, 0.4) is 0 Å². The molecule has 0 unspecified atom stereocenters. The van der Waals surface area contributed by atoms with Gasteiger partial charge in [-0.15, -0.1) is 12.4 Å². The Balaban J connectivity index is 0.00000392. The summed E-state index contributed by atoms with van der Waals surface area (Å²) >= 11 is 0. The zero-order valence-electron chi connectivity index (χ0n) is 18.0. The molecule has 0 N–H and O–H groups in total. The van der Waals surface area contributed by atoms with Gasteiger partial charge >= 0.3 is 0 Å². The first-order chi connectivity index (χ1) is 13.2. The summed E-state index contributed by atoms with van der Waals surface area (Å²) in [5, 5.41) is 4.13. The van der Waals surface area contributed by atoms with Crippen LogP contribution in [-0.2, 0) is 12.8 Å². The highest BCUT2D eigenvalue weighted by molar-refractivity contribution is 5.85. The zero-order valence-corrected chi connectivity index (χ0v) is 18.8. The first-order valence-electron chi connectivity index (χ1n) is 10.8. The lowest BCUT2D eigenvalue weighted by atomic mass is 10.0. The SMILES string of the molecule is CCCCCCCCCCc1ccc(-c2noc(CCCN(C)C)n2)cc1.Cl. The van der Waals surface area contributed by atoms with E-state index in [2.05, 4.69) is 60.3 Å². The average Bonchev–Trinajstić information content (AvgIpc) is 3.13. The summed E-state index contributed by atoms with van der Waals surface area (Å²) < 4.78 is 5.38. The molecule has 2 rings (SSSR count). The van der Waals surface area contributed by atoms with Crippen molar-refractivity contribution < 1.29 is 4.52 Å². The maximum atomic E-state index is 5.38. The predicted octanol–water partition coefficient (Wildman–Crippen LogP) is 6.34. The number of rotatable bonds is 14. The molecular formula is C23H38ClN3O. The van der Waals surface area contributed by atoms with Crippen LogP contribution in [0.5, 0.6) is 0 Å². The Labute approximate surface area is 177 Å². The molecule has 4 nitrogen and oxygen atoms in total. The van der Waals surface area contributed by atoms with Gasteiger partial charge in [-0.1, -0.05) is 81.3 Å². The van der Waals surface area contributed by atoms with Crippen molar-refractivity contribution in [1.29, 1.82) is 0 Å². The van der Waals surface area contributed by atoms with Crippen LogP contribution >= 0.6 is 12.4 Å². The quantitative estimate of drug-likeness (QED) is 0.343. The van der Waals surface area contributed by atoms with E-state index in [9.17, 15) is 0 Å². The number of aryl methyl sites for hydroxylation is 2. The van der Waals surface area contributed by atoms with E-state index < -0.39 is 0 Å². The highest BCUT2D eigenvalue weighted by atomic mass is 35.5. The molecule has 0 radical (unpaired) electrons. The summed E-state index contributed by atoms with van der Waals surface area (Å²) in [5.41, 5.74) is 2.44. The lowest BCUT2D eigenvalue weighted by molar-refractivity contribution is 0.354. The van der Waals surface area contributed by atoms with Crippen LogP contribution in [0.25, 0.3) is 11.4 Å². The minimum absolute atomic E-state index is 0. The molecule has 1 heterocycles. The number of nitrogens with zero attached hydrogens (tertiary/aromatic N) is 3. The second kappa shape index (κ2) is 14.6. The standard InChI is InChI=1S/C23H37N3O.ClH/c1-4-5-6-7-8-9-10-11-13-20-15-17-21(18-16-20)23-24-22(27-25-23)14-12-19-26(2)3;/h15-18H,4-14,19H2,1-3H3;1H. The lowest BCUT2D eigenvalue weighted by Gasteiger charge is -2.06. The Kier molecular flexibility index (Phi) is 12.8. The van der Waals surface area contributed by atoms with Crippen molar-refractivity contribution >= 4 is 12.4 Å². The maximum absolute atomic E-state index is 5.38. The molecule has 0 saturated heterocycles. The Morgan fingerprint density at radius 3 is 2.11 bits per heavy atom. The second-order valence-electron chi connectivity index (χ2n) is 7.84. The van der Waals surface area contributed by atoms with E-state index in [1.165, 1.54) is 56.9 Å². The normalized spacial score (nSPS) is 11.0. The van der Waals surface area contributed by atoms with Crippen molar-refractivity contribution in [1.82, 2.24) is 15.0 Å². The molecule has 0 aliphatic heterocycles. The Bertz CT molecular complexity index is 625. The van der Waals surface area contributed by atoms with Gasteiger partial charge in [-0.05, 0) is 45.5 Å². The maximum Gasteiger partial charge on any atom is 0.227 e. The molecule has 0 fully saturated rings. The molecule has 158 valence electrons. The lowest BCUT2D eigenvalue weighted by Crippen LogP contribution is -2.13. The molecular weight excluding hydrogens is 370 g/mol. The van der Waals surface area contributed by atoms with Crippen LogP contribution in [0.4, 0.5) is 0 Å². The van der Waals surface area contributed by atoms with Crippen molar-refractivity contribution in [2.75, 3.05) is 20.6 Å². The number of halogens is 1. The van der Waals surface area contributed by atoms with Gasteiger partial charge in [0.15, 0.2) is 0 Å². The van der Waals surface area contributed by atoms with Gasteiger partial charge in [-0.3, -0.25) is 0 Å². The molecule has 2 aromatic rings. The van der Waals surface area contributed by atoms with Crippen molar-refractivity contribution in [3.8, 4) is 11.4 Å². The van der Waals surface area contributed by atoms with Crippen LogP contribution in [0.15, 0.2) is 28.8 Å². The third-order valence-corrected chi connectivity index (χ3v) is 5.00. The van der Waals surface area contributed by atoms with Crippen molar-refractivity contribution in [2.45, 2.75) is 77.6 Å². The topological polar surface area (TPSA) is 42.2 Å². The van der Waals surface area contributed by atoms with Crippen LogP contribution in [0.1, 0.15) is 76.2 Å². The summed E-state index contributed by atoms with van der Waals surface area (Å²) in [4.78, 5) is 6.70. The average molecular weight is 408 g/mol. The summed E-state index contributed by atoms with van der Waals surface area (Å²) in [7, 11) is 4.16. The Morgan fingerprint density at radius 1 is 0.821 bits per heavy atom. The van der Waals surface area contributed by atoms with E-state index in [0.29, 0.717) is 5.82 Å². The number of unbranched alkanes of at least 4 members (excludes halogenated alkanes) is 7. The molecule has 0 saturated carbocycles. The van der Waals surface area contributed by atoms with Crippen LogP contribution < -0.4 is 0 Å². The number of aromatic nitrogens is 2. The van der Waals surface area contributed by atoms with E-state index in [1.807, 2.05) is 0 Å². The van der Waals surface area contributed by atoms with E-state index in [-0.39, 0.29) is 12.4 Å². The molecule has 0 aliphatic carbocycles. The summed E-state index contributed by atoms with van der Waals surface area (Å²) in [5.74, 6) is 1.43. The molecule has 28 heavy (non-hydrogen) atoms. The fraction of sp³-hybridized carbons (Fsp3) is 0.652. The van der Waals surface area contributed by atoms with Crippen LogP contribution in [0, 0.1) is 0 Å². The van der Waals surface area contributed by atoms with E-state index in [0.717, 1.165) is 37.3 Å². The summed E-state index contributed by atoms with van der Waals surface area (Å²) in [6, 6.07) is 8.65. The van der Waals surface area contributed by atoms with Crippen LogP contribution in [0.2, 0.25) is 0 Å². The molecule has 0 aliphatic rings. The molecule has 0 spiro atoms. The number of benzene rings is 1. The van der Waals surface area contributed by atoms with Crippen molar-refractivity contribution in [3.63, 3.8) is 0 Å². The summed E-state index contributed by atoms with van der Waals surface area (Å²) in [6.45, 7) is 3.31. The van der Waals surface area contributed by atoms with E-state index in [1.54, 1.807) is 0 Å². The molecule has 0 bridgehead atoms. The second-order valence-corrected chi connectivity index (χ2v) is 7.84. The largest absolute Gasteiger partial charge is 0.339 e. The summed E-state index contributed by atoms with van der Waals surface area (Å²) in [6.07, 6.45) is 14.0. The molecule has 1 aromatic carbocycles. The number of hydrogen-bond donors (Lipinski definition) is 0. The zero-order chi connectivity index (χ0) is 19.3.